The number of carbonyl (C=O) groups is 1. The minimum Gasteiger partial charge on any atom is -0.396 e. The lowest BCUT2D eigenvalue weighted by atomic mass is 10.0. The molecule has 1 aromatic heterocycles. The number of nitrogens with two attached hydrogens (primary N) is 1. The maximum atomic E-state index is 11.6. The number of nitrogen functional groups attached to an aromatic ring is 1. The van der Waals surface area contributed by atoms with Gasteiger partial charge in [0.25, 0.3) is 5.91 Å². The maximum Gasteiger partial charge on any atom is 0.269 e. The van der Waals surface area contributed by atoms with Crippen molar-refractivity contribution in [3.05, 3.63) is 11.8 Å². The molecule has 88 valence electrons. The molecule has 1 fully saturated rings. The Morgan fingerprint density at radius 2 is 2.44 bits per heavy atom. The third-order valence-corrected chi connectivity index (χ3v) is 3.07. The minimum atomic E-state index is -0.201. The summed E-state index contributed by atoms with van der Waals surface area (Å²) < 4.78 is 0. The van der Waals surface area contributed by atoms with Crippen molar-refractivity contribution in [3.8, 4) is 0 Å². The predicted octanol–water partition coefficient (Wildman–Crippen LogP) is -0.116. The number of hydrogen-bond acceptors (Lipinski definition) is 4. The number of H-pyrrole nitrogens is 1. The summed E-state index contributed by atoms with van der Waals surface area (Å²) in [7, 11) is 0. The van der Waals surface area contributed by atoms with Gasteiger partial charge in [-0.1, -0.05) is 0 Å². The molecular weight excluding hydrogens is 208 g/mol. The Morgan fingerprint density at radius 3 is 2.94 bits per heavy atom. The highest BCUT2D eigenvalue weighted by Crippen LogP contribution is 2.47. The Bertz CT molecular complexity index is 384. The van der Waals surface area contributed by atoms with E-state index in [0.29, 0.717) is 18.1 Å². The molecule has 1 aromatic rings. The summed E-state index contributed by atoms with van der Waals surface area (Å²) in [4.78, 5) is 11.6. The van der Waals surface area contributed by atoms with E-state index < -0.39 is 0 Å². The first-order chi connectivity index (χ1) is 7.65. The van der Waals surface area contributed by atoms with Crippen molar-refractivity contribution in [1.82, 2.24) is 15.5 Å². The summed E-state index contributed by atoms with van der Waals surface area (Å²) in [5.41, 5.74) is 5.90. The SMILES string of the molecule is Nc1cc(C(=O)NCC2(CCO)CC2)[nH]n1. The number of hydrogen-bond donors (Lipinski definition) is 4. The monoisotopic (exact) mass is 224 g/mol. The second kappa shape index (κ2) is 4.13. The average molecular weight is 224 g/mol. The molecule has 1 heterocycles. The molecule has 1 saturated carbocycles. The number of nitrogens with one attached hydrogen (secondary N) is 2. The maximum absolute atomic E-state index is 11.6. The molecule has 2 rings (SSSR count). The van der Waals surface area contributed by atoms with Crippen LogP contribution < -0.4 is 11.1 Å². The van der Waals surface area contributed by atoms with E-state index in [4.69, 9.17) is 10.8 Å². The van der Waals surface area contributed by atoms with Gasteiger partial charge in [0.2, 0.25) is 0 Å². The van der Waals surface area contributed by atoms with E-state index in [2.05, 4.69) is 15.5 Å². The van der Waals surface area contributed by atoms with Gasteiger partial charge in [-0.3, -0.25) is 9.89 Å². The van der Waals surface area contributed by atoms with Gasteiger partial charge in [0, 0.05) is 19.2 Å². The third kappa shape index (κ3) is 2.33. The quantitative estimate of drug-likeness (QED) is 0.560. The van der Waals surface area contributed by atoms with Gasteiger partial charge in [-0.25, -0.2) is 0 Å². The molecule has 5 N–H and O–H groups in total. The summed E-state index contributed by atoms with van der Waals surface area (Å²) in [6.07, 6.45) is 2.89. The molecule has 0 saturated heterocycles. The van der Waals surface area contributed by atoms with Crippen molar-refractivity contribution in [2.75, 3.05) is 18.9 Å². The van der Waals surface area contributed by atoms with Gasteiger partial charge >= 0.3 is 0 Å². The molecule has 0 spiro atoms. The van der Waals surface area contributed by atoms with E-state index in [-0.39, 0.29) is 17.9 Å². The minimum absolute atomic E-state index is 0.121. The zero-order valence-electron chi connectivity index (χ0n) is 8.99. The van der Waals surface area contributed by atoms with Gasteiger partial charge in [0.15, 0.2) is 0 Å². The third-order valence-electron chi connectivity index (χ3n) is 3.07. The van der Waals surface area contributed by atoms with Crippen LogP contribution >= 0.6 is 0 Å². The molecular formula is C10H16N4O2. The van der Waals surface area contributed by atoms with E-state index in [0.717, 1.165) is 19.3 Å². The number of amides is 1. The lowest BCUT2D eigenvalue weighted by Gasteiger charge is -2.13. The van der Waals surface area contributed by atoms with Crippen molar-refractivity contribution in [2.45, 2.75) is 19.3 Å². The molecule has 1 aliphatic rings. The van der Waals surface area contributed by atoms with Gasteiger partial charge in [0.05, 0.1) is 0 Å². The van der Waals surface area contributed by atoms with Crippen molar-refractivity contribution in [1.29, 1.82) is 0 Å². The van der Waals surface area contributed by atoms with Gasteiger partial charge in [0.1, 0.15) is 11.5 Å². The Labute approximate surface area is 93.2 Å². The van der Waals surface area contributed by atoms with Crippen LogP contribution in [0.2, 0.25) is 0 Å². The lowest BCUT2D eigenvalue weighted by molar-refractivity contribution is 0.0936. The fourth-order valence-electron chi connectivity index (χ4n) is 1.75. The van der Waals surface area contributed by atoms with Crippen LogP contribution in [0.1, 0.15) is 29.8 Å². The Morgan fingerprint density at radius 1 is 1.69 bits per heavy atom. The molecule has 6 nitrogen and oxygen atoms in total. The van der Waals surface area contributed by atoms with Crippen LogP contribution in [0.25, 0.3) is 0 Å². The molecule has 0 aliphatic heterocycles. The van der Waals surface area contributed by atoms with Crippen molar-refractivity contribution < 1.29 is 9.90 Å². The first kappa shape index (κ1) is 10.9. The van der Waals surface area contributed by atoms with Gasteiger partial charge < -0.3 is 16.2 Å². The van der Waals surface area contributed by atoms with E-state index in [1.807, 2.05) is 0 Å². The van der Waals surface area contributed by atoms with Crippen molar-refractivity contribution >= 4 is 11.7 Å². The summed E-state index contributed by atoms with van der Waals surface area (Å²) in [6, 6.07) is 1.50. The molecule has 16 heavy (non-hydrogen) atoms. The van der Waals surface area contributed by atoms with Crippen molar-refractivity contribution in [2.24, 2.45) is 5.41 Å². The standard InChI is InChI=1S/C10H16N4O2/c11-8-5-7(13-14-8)9(16)12-6-10(1-2-10)3-4-15/h5,15H,1-4,6H2,(H,12,16)(H3,11,13,14). The Hall–Kier alpha value is -1.56. The smallest absolute Gasteiger partial charge is 0.269 e. The number of nitrogens with zero attached hydrogens (tertiary/aromatic N) is 1. The van der Waals surface area contributed by atoms with E-state index in [1.165, 1.54) is 6.07 Å². The fraction of sp³-hybridized carbons (Fsp3) is 0.600. The van der Waals surface area contributed by atoms with Crippen LogP contribution in [-0.2, 0) is 0 Å². The van der Waals surface area contributed by atoms with Gasteiger partial charge in [-0.2, -0.15) is 5.10 Å². The number of aliphatic hydroxyl groups excluding tert-OH is 1. The number of aromatic amines is 1. The number of carbonyl (C=O) groups excluding carboxylic acids is 1. The lowest BCUT2D eigenvalue weighted by Crippen LogP contribution is -2.30. The summed E-state index contributed by atoms with van der Waals surface area (Å²) >= 11 is 0. The molecule has 0 aromatic carbocycles. The zero-order chi connectivity index (χ0) is 11.6. The van der Waals surface area contributed by atoms with Crippen molar-refractivity contribution in [3.63, 3.8) is 0 Å². The first-order valence-corrected chi connectivity index (χ1v) is 5.35. The molecule has 0 radical (unpaired) electrons. The van der Waals surface area contributed by atoms with E-state index in [9.17, 15) is 4.79 Å². The molecule has 1 aliphatic carbocycles. The average Bonchev–Trinajstić information content (AvgIpc) is 2.89. The molecule has 6 heteroatoms. The van der Waals surface area contributed by atoms with Gasteiger partial charge in [-0.05, 0) is 24.7 Å². The van der Waals surface area contributed by atoms with E-state index >= 15 is 0 Å². The largest absolute Gasteiger partial charge is 0.396 e. The number of aliphatic hydroxyl groups is 1. The summed E-state index contributed by atoms with van der Waals surface area (Å²) in [5, 5.41) is 17.9. The molecule has 0 atom stereocenters. The second-order valence-corrected chi connectivity index (χ2v) is 4.36. The van der Waals surface area contributed by atoms with Crippen LogP contribution in [-0.4, -0.2) is 34.4 Å². The fourth-order valence-corrected chi connectivity index (χ4v) is 1.75. The highest BCUT2D eigenvalue weighted by molar-refractivity contribution is 5.92. The van der Waals surface area contributed by atoms with Gasteiger partial charge in [-0.15, -0.1) is 0 Å². The molecule has 0 unspecified atom stereocenters. The van der Waals surface area contributed by atoms with E-state index in [1.54, 1.807) is 0 Å². The van der Waals surface area contributed by atoms with Crippen LogP contribution in [0.4, 0.5) is 5.82 Å². The highest BCUT2D eigenvalue weighted by atomic mass is 16.3. The number of rotatable bonds is 5. The summed E-state index contributed by atoms with van der Waals surface area (Å²) in [6.45, 7) is 0.776. The van der Waals surface area contributed by atoms with Crippen LogP contribution in [0.3, 0.4) is 0 Å². The Kier molecular flexibility index (Phi) is 2.82. The Balaban J connectivity index is 1.84. The second-order valence-electron chi connectivity index (χ2n) is 4.36. The van der Waals surface area contributed by atoms with Crippen LogP contribution in [0, 0.1) is 5.41 Å². The zero-order valence-corrected chi connectivity index (χ0v) is 8.99. The molecule has 0 bridgehead atoms. The summed E-state index contributed by atoms with van der Waals surface area (Å²) in [5.74, 6) is 0.107. The van der Waals surface area contributed by atoms with Crippen LogP contribution in [0.15, 0.2) is 6.07 Å². The topological polar surface area (TPSA) is 104 Å². The normalized spacial score (nSPS) is 17.1. The molecule has 1 amide bonds. The predicted molar refractivity (Wildman–Crippen MR) is 58.7 cm³/mol. The van der Waals surface area contributed by atoms with Crippen LogP contribution in [0.5, 0.6) is 0 Å². The number of aromatic nitrogens is 2. The first-order valence-electron chi connectivity index (χ1n) is 5.35. The highest BCUT2D eigenvalue weighted by Gasteiger charge is 2.41. The number of anilines is 1.